The lowest BCUT2D eigenvalue weighted by Gasteiger charge is -2.00. The second-order valence-electron chi connectivity index (χ2n) is 2.91. The summed E-state index contributed by atoms with van der Waals surface area (Å²) < 4.78 is 26.2. The SMILES string of the molecule is O=S(=O)(CCCc1ccccc1)OI. The summed E-state index contributed by atoms with van der Waals surface area (Å²) in [7, 11) is -3.30. The third-order valence-corrected chi connectivity index (χ3v) is 4.42. The summed E-state index contributed by atoms with van der Waals surface area (Å²) in [5, 5.41) is 0. The number of hydrogen-bond acceptors (Lipinski definition) is 3. The molecule has 0 aliphatic carbocycles. The third kappa shape index (κ3) is 4.39. The number of halogens is 1. The van der Waals surface area contributed by atoms with E-state index in [4.69, 9.17) is 0 Å². The first kappa shape index (κ1) is 11.9. The van der Waals surface area contributed by atoms with Gasteiger partial charge in [0.05, 0.1) is 5.75 Å². The summed E-state index contributed by atoms with van der Waals surface area (Å²) in [5.74, 6) is 0.0742. The molecule has 0 aromatic heterocycles. The van der Waals surface area contributed by atoms with Crippen LogP contribution >= 0.6 is 23.0 Å². The van der Waals surface area contributed by atoms with E-state index in [0.29, 0.717) is 6.42 Å². The van der Waals surface area contributed by atoms with Crippen LogP contribution in [0.1, 0.15) is 12.0 Å². The fourth-order valence-electron chi connectivity index (χ4n) is 1.13. The predicted octanol–water partition coefficient (Wildman–Crippen LogP) is 2.32. The quantitative estimate of drug-likeness (QED) is 0.780. The van der Waals surface area contributed by atoms with Gasteiger partial charge in [0, 0.05) is 0 Å². The zero-order valence-electron chi connectivity index (χ0n) is 7.52. The molecule has 0 amide bonds. The molecule has 0 bridgehead atoms. The first-order chi connectivity index (χ1) is 6.64. The lowest BCUT2D eigenvalue weighted by molar-refractivity contribution is 0.534. The van der Waals surface area contributed by atoms with E-state index < -0.39 is 10.1 Å². The molecule has 0 aliphatic rings. The highest BCUT2D eigenvalue weighted by Gasteiger charge is 2.08. The largest absolute Gasteiger partial charge is 0.276 e. The maximum Gasteiger partial charge on any atom is 0.276 e. The van der Waals surface area contributed by atoms with E-state index in [1.807, 2.05) is 30.3 Å². The van der Waals surface area contributed by atoms with Crippen LogP contribution in [-0.4, -0.2) is 14.2 Å². The minimum atomic E-state index is -3.30. The van der Waals surface area contributed by atoms with Gasteiger partial charge in [-0.3, -0.25) is 0 Å². The van der Waals surface area contributed by atoms with Crippen molar-refractivity contribution in [2.24, 2.45) is 0 Å². The van der Waals surface area contributed by atoms with Crippen molar-refractivity contribution in [3.05, 3.63) is 35.9 Å². The molecule has 0 saturated carbocycles. The average molecular weight is 326 g/mol. The van der Waals surface area contributed by atoms with Crippen molar-refractivity contribution < 1.29 is 10.9 Å². The maximum atomic E-state index is 11.0. The summed E-state index contributed by atoms with van der Waals surface area (Å²) in [6, 6.07) is 9.79. The lowest BCUT2D eigenvalue weighted by atomic mass is 10.1. The summed E-state index contributed by atoms with van der Waals surface area (Å²) in [4.78, 5) is 0. The molecule has 0 unspecified atom stereocenters. The Hall–Kier alpha value is -0.140. The molecule has 0 atom stereocenters. The van der Waals surface area contributed by atoms with Crippen molar-refractivity contribution in [3.8, 4) is 0 Å². The highest BCUT2D eigenvalue weighted by atomic mass is 127. The molecule has 0 N–H and O–H groups in total. The van der Waals surface area contributed by atoms with Crippen LogP contribution < -0.4 is 0 Å². The van der Waals surface area contributed by atoms with Crippen molar-refractivity contribution in [1.82, 2.24) is 0 Å². The number of aryl methyl sites for hydroxylation is 1. The fraction of sp³-hybridized carbons (Fsp3) is 0.333. The van der Waals surface area contributed by atoms with Crippen LogP contribution in [0.15, 0.2) is 30.3 Å². The molecule has 14 heavy (non-hydrogen) atoms. The Balaban J connectivity index is 2.37. The first-order valence-electron chi connectivity index (χ1n) is 4.21. The Kier molecular flexibility index (Phi) is 4.83. The first-order valence-corrected chi connectivity index (χ1v) is 6.67. The van der Waals surface area contributed by atoms with Gasteiger partial charge in [0.1, 0.15) is 23.0 Å². The van der Waals surface area contributed by atoms with Crippen molar-refractivity contribution in [2.45, 2.75) is 12.8 Å². The van der Waals surface area contributed by atoms with Crippen molar-refractivity contribution in [3.63, 3.8) is 0 Å². The van der Waals surface area contributed by atoms with E-state index in [2.05, 4.69) is 2.51 Å². The molecular weight excluding hydrogens is 315 g/mol. The Morgan fingerprint density at radius 2 is 1.86 bits per heavy atom. The van der Waals surface area contributed by atoms with Crippen LogP contribution in [0, 0.1) is 0 Å². The second-order valence-corrected chi connectivity index (χ2v) is 5.64. The van der Waals surface area contributed by atoms with Crippen LogP contribution in [0.4, 0.5) is 0 Å². The highest BCUT2D eigenvalue weighted by Crippen LogP contribution is 2.06. The van der Waals surface area contributed by atoms with Gasteiger partial charge in [0.2, 0.25) is 0 Å². The van der Waals surface area contributed by atoms with Crippen molar-refractivity contribution >= 4 is 33.1 Å². The topological polar surface area (TPSA) is 43.4 Å². The van der Waals surface area contributed by atoms with Gasteiger partial charge in [-0.1, -0.05) is 30.3 Å². The summed E-state index contributed by atoms with van der Waals surface area (Å²) in [6.45, 7) is 0. The molecule has 78 valence electrons. The van der Waals surface area contributed by atoms with E-state index in [1.165, 1.54) is 23.0 Å². The van der Waals surface area contributed by atoms with E-state index in [1.54, 1.807) is 0 Å². The molecular formula is C9H11IO3S. The van der Waals surface area contributed by atoms with Gasteiger partial charge in [-0.05, 0) is 18.4 Å². The van der Waals surface area contributed by atoms with E-state index in [0.717, 1.165) is 12.0 Å². The molecule has 0 fully saturated rings. The van der Waals surface area contributed by atoms with E-state index in [-0.39, 0.29) is 5.75 Å². The summed E-state index contributed by atoms with van der Waals surface area (Å²) >= 11 is 1.40. The van der Waals surface area contributed by atoms with Gasteiger partial charge in [-0.2, -0.15) is 10.9 Å². The van der Waals surface area contributed by atoms with E-state index in [9.17, 15) is 8.42 Å². The minimum Gasteiger partial charge on any atom is -0.199 e. The number of hydrogen-bond donors (Lipinski definition) is 0. The molecule has 0 saturated heterocycles. The zero-order chi connectivity index (χ0) is 10.4. The molecule has 1 aromatic rings. The molecule has 1 aromatic carbocycles. The van der Waals surface area contributed by atoms with Crippen molar-refractivity contribution in [1.29, 1.82) is 0 Å². The molecule has 5 heteroatoms. The molecule has 0 radical (unpaired) electrons. The van der Waals surface area contributed by atoms with Gasteiger partial charge in [0.15, 0.2) is 0 Å². The zero-order valence-corrected chi connectivity index (χ0v) is 10.5. The Bertz CT molecular complexity index is 361. The van der Waals surface area contributed by atoms with Gasteiger partial charge < -0.3 is 0 Å². The molecule has 0 heterocycles. The van der Waals surface area contributed by atoms with Gasteiger partial charge in [-0.15, -0.1) is 0 Å². The molecule has 0 aliphatic heterocycles. The Labute approximate surface area is 98.3 Å². The summed E-state index contributed by atoms with van der Waals surface area (Å²) in [5.41, 5.74) is 1.15. The van der Waals surface area contributed by atoms with Crippen LogP contribution in [0.25, 0.3) is 0 Å². The summed E-state index contributed by atoms with van der Waals surface area (Å²) in [6.07, 6.45) is 1.36. The van der Waals surface area contributed by atoms with Gasteiger partial charge in [-0.25, -0.2) is 0 Å². The number of rotatable bonds is 5. The average Bonchev–Trinajstić information content (AvgIpc) is 2.19. The Morgan fingerprint density at radius 1 is 1.21 bits per heavy atom. The third-order valence-electron chi connectivity index (χ3n) is 1.80. The standard InChI is InChI=1S/C9H11IO3S/c10-13-14(11,12)8-4-7-9-5-2-1-3-6-9/h1-3,5-6H,4,7-8H2. The van der Waals surface area contributed by atoms with Gasteiger partial charge in [0.25, 0.3) is 10.1 Å². The highest BCUT2D eigenvalue weighted by molar-refractivity contribution is 14.1. The molecule has 1 rings (SSSR count). The second kappa shape index (κ2) is 5.67. The maximum absolute atomic E-state index is 11.0. The van der Waals surface area contributed by atoms with Crippen LogP contribution in [0.3, 0.4) is 0 Å². The van der Waals surface area contributed by atoms with Crippen LogP contribution in [-0.2, 0) is 19.1 Å². The fourth-order valence-corrected chi connectivity index (χ4v) is 2.23. The van der Waals surface area contributed by atoms with Gasteiger partial charge >= 0.3 is 0 Å². The Morgan fingerprint density at radius 3 is 2.43 bits per heavy atom. The number of benzene rings is 1. The monoisotopic (exact) mass is 326 g/mol. The molecule has 0 spiro atoms. The van der Waals surface area contributed by atoms with E-state index >= 15 is 0 Å². The molecule has 3 nitrogen and oxygen atoms in total. The lowest BCUT2D eigenvalue weighted by Crippen LogP contribution is -2.05. The predicted molar refractivity (Wildman–Crippen MR) is 63.7 cm³/mol. The minimum absolute atomic E-state index is 0.0742. The van der Waals surface area contributed by atoms with Crippen LogP contribution in [0.5, 0.6) is 0 Å². The normalized spacial score (nSPS) is 11.5. The van der Waals surface area contributed by atoms with Crippen molar-refractivity contribution in [2.75, 3.05) is 5.75 Å². The smallest absolute Gasteiger partial charge is 0.199 e. The van der Waals surface area contributed by atoms with Crippen LogP contribution in [0.2, 0.25) is 0 Å².